The van der Waals surface area contributed by atoms with E-state index in [1.165, 1.54) is 0 Å². The molecule has 0 unspecified atom stereocenters. The second-order valence-electron chi connectivity index (χ2n) is 7.88. The number of hydrogen-bond acceptors (Lipinski definition) is 4. The SMILES string of the molecule is O=C(OCC(=O)N1c2ccccc2NC(=O)C12CCCC2)C1CCCCC1. The fourth-order valence-corrected chi connectivity index (χ4v) is 4.78. The zero-order chi connectivity index (χ0) is 18.9. The predicted molar refractivity (Wildman–Crippen MR) is 101 cm³/mol. The number of nitrogens with zero attached hydrogens (tertiary/aromatic N) is 1. The van der Waals surface area contributed by atoms with E-state index in [0.29, 0.717) is 24.2 Å². The van der Waals surface area contributed by atoms with Crippen LogP contribution in [0.25, 0.3) is 0 Å². The summed E-state index contributed by atoms with van der Waals surface area (Å²) in [5, 5.41) is 2.95. The molecule has 1 aromatic carbocycles. The highest BCUT2D eigenvalue weighted by Crippen LogP contribution is 2.45. The quantitative estimate of drug-likeness (QED) is 0.828. The summed E-state index contributed by atoms with van der Waals surface area (Å²) < 4.78 is 5.39. The van der Waals surface area contributed by atoms with Gasteiger partial charge in [-0.15, -0.1) is 0 Å². The summed E-state index contributed by atoms with van der Waals surface area (Å²) in [7, 11) is 0. The second kappa shape index (κ2) is 7.33. The molecule has 0 aromatic heterocycles. The third-order valence-corrected chi connectivity index (χ3v) is 6.20. The van der Waals surface area contributed by atoms with E-state index in [1.807, 2.05) is 18.2 Å². The number of para-hydroxylation sites is 2. The van der Waals surface area contributed by atoms with Crippen molar-refractivity contribution in [1.82, 2.24) is 0 Å². The molecule has 144 valence electrons. The number of amides is 2. The second-order valence-corrected chi connectivity index (χ2v) is 7.88. The molecule has 0 bridgehead atoms. The molecule has 27 heavy (non-hydrogen) atoms. The van der Waals surface area contributed by atoms with Crippen molar-refractivity contribution in [1.29, 1.82) is 0 Å². The van der Waals surface area contributed by atoms with Gasteiger partial charge in [0.1, 0.15) is 5.54 Å². The minimum atomic E-state index is -0.858. The van der Waals surface area contributed by atoms with E-state index in [-0.39, 0.29) is 30.3 Å². The third-order valence-electron chi connectivity index (χ3n) is 6.20. The molecule has 3 aliphatic rings. The largest absolute Gasteiger partial charge is 0.455 e. The summed E-state index contributed by atoms with van der Waals surface area (Å²) in [5.41, 5.74) is 0.465. The Hall–Kier alpha value is -2.37. The van der Waals surface area contributed by atoms with Crippen LogP contribution in [0.3, 0.4) is 0 Å². The fourth-order valence-electron chi connectivity index (χ4n) is 4.78. The molecule has 2 amide bonds. The number of benzene rings is 1. The summed E-state index contributed by atoms with van der Waals surface area (Å²) in [6.07, 6.45) is 7.99. The molecule has 2 saturated carbocycles. The van der Waals surface area contributed by atoms with Crippen LogP contribution in [0.1, 0.15) is 57.8 Å². The van der Waals surface area contributed by atoms with Crippen LogP contribution in [-0.4, -0.2) is 29.9 Å². The molecule has 2 fully saturated rings. The lowest BCUT2D eigenvalue weighted by Gasteiger charge is -2.44. The number of rotatable bonds is 3. The molecule has 6 nitrogen and oxygen atoms in total. The Balaban J connectivity index is 1.54. The van der Waals surface area contributed by atoms with Crippen LogP contribution < -0.4 is 10.2 Å². The highest BCUT2D eigenvalue weighted by Gasteiger charge is 2.52. The predicted octanol–water partition coefficient (Wildman–Crippen LogP) is 3.41. The monoisotopic (exact) mass is 370 g/mol. The van der Waals surface area contributed by atoms with Crippen molar-refractivity contribution in [2.75, 3.05) is 16.8 Å². The van der Waals surface area contributed by atoms with Crippen molar-refractivity contribution >= 4 is 29.2 Å². The number of nitrogens with one attached hydrogen (secondary N) is 1. The molecule has 1 aromatic rings. The van der Waals surface area contributed by atoms with Gasteiger partial charge >= 0.3 is 5.97 Å². The topological polar surface area (TPSA) is 75.7 Å². The molecular weight excluding hydrogens is 344 g/mol. The van der Waals surface area contributed by atoms with Gasteiger partial charge in [-0.25, -0.2) is 0 Å². The Labute approximate surface area is 159 Å². The zero-order valence-electron chi connectivity index (χ0n) is 15.5. The maximum absolute atomic E-state index is 13.1. The van der Waals surface area contributed by atoms with Crippen molar-refractivity contribution < 1.29 is 19.1 Å². The molecule has 1 heterocycles. The van der Waals surface area contributed by atoms with E-state index in [2.05, 4.69) is 5.32 Å². The molecule has 1 aliphatic heterocycles. The minimum absolute atomic E-state index is 0.0936. The average molecular weight is 370 g/mol. The number of carbonyl (C=O) groups is 3. The Morgan fingerprint density at radius 2 is 1.78 bits per heavy atom. The molecule has 4 rings (SSSR count). The lowest BCUT2D eigenvalue weighted by atomic mass is 9.89. The average Bonchev–Trinajstić information content (AvgIpc) is 3.18. The van der Waals surface area contributed by atoms with E-state index in [9.17, 15) is 14.4 Å². The number of anilines is 2. The van der Waals surface area contributed by atoms with Crippen molar-refractivity contribution in [3.8, 4) is 0 Å². The van der Waals surface area contributed by atoms with Crippen LogP contribution in [0.5, 0.6) is 0 Å². The van der Waals surface area contributed by atoms with Gasteiger partial charge in [-0.05, 0) is 37.8 Å². The third kappa shape index (κ3) is 3.22. The normalized spacial score (nSPS) is 21.6. The van der Waals surface area contributed by atoms with Crippen LogP contribution in [-0.2, 0) is 19.1 Å². The first-order chi connectivity index (χ1) is 13.1. The zero-order valence-corrected chi connectivity index (χ0v) is 15.5. The van der Waals surface area contributed by atoms with Crippen molar-refractivity contribution in [2.45, 2.75) is 63.3 Å². The maximum atomic E-state index is 13.1. The molecule has 0 atom stereocenters. The number of carbonyl (C=O) groups excluding carboxylic acids is 3. The van der Waals surface area contributed by atoms with Gasteiger partial charge in [0.15, 0.2) is 6.61 Å². The summed E-state index contributed by atoms with van der Waals surface area (Å²) in [6.45, 7) is -0.307. The summed E-state index contributed by atoms with van der Waals surface area (Å²) in [4.78, 5) is 39.9. The lowest BCUT2D eigenvalue weighted by Crippen LogP contribution is -2.61. The van der Waals surface area contributed by atoms with Crippen LogP contribution in [0.2, 0.25) is 0 Å². The smallest absolute Gasteiger partial charge is 0.309 e. The first-order valence-corrected chi connectivity index (χ1v) is 10.0. The summed E-state index contributed by atoms with van der Waals surface area (Å²) in [6, 6.07) is 7.32. The molecule has 0 saturated heterocycles. The Morgan fingerprint density at radius 3 is 2.52 bits per heavy atom. The Morgan fingerprint density at radius 1 is 1.07 bits per heavy atom. The van der Waals surface area contributed by atoms with Crippen molar-refractivity contribution in [2.24, 2.45) is 5.92 Å². The molecule has 0 radical (unpaired) electrons. The van der Waals surface area contributed by atoms with Crippen molar-refractivity contribution in [3.05, 3.63) is 24.3 Å². The highest BCUT2D eigenvalue weighted by molar-refractivity contribution is 6.15. The van der Waals surface area contributed by atoms with Gasteiger partial charge in [-0.3, -0.25) is 19.3 Å². The van der Waals surface area contributed by atoms with Crippen LogP contribution in [0.15, 0.2) is 24.3 Å². The number of hydrogen-bond donors (Lipinski definition) is 1. The van der Waals surface area contributed by atoms with E-state index in [0.717, 1.165) is 44.9 Å². The number of fused-ring (bicyclic) bond motifs is 1. The van der Waals surface area contributed by atoms with Gasteiger partial charge in [-0.2, -0.15) is 0 Å². The standard InChI is InChI=1S/C21H26N2O4/c24-18(14-27-19(25)15-8-2-1-3-9-15)23-17-11-5-4-10-16(17)22-20(26)21(23)12-6-7-13-21/h4-5,10-11,15H,1-3,6-9,12-14H2,(H,22,26). The number of esters is 1. The lowest BCUT2D eigenvalue weighted by molar-refractivity contribution is -0.153. The van der Waals surface area contributed by atoms with Crippen LogP contribution >= 0.6 is 0 Å². The first kappa shape index (κ1) is 18.0. The Kier molecular flexibility index (Phi) is 4.89. The number of ether oxygens (including phenoxy) is 1. The molecule has 2 aliphatic carbocycles. The summed E-state index contributed by atoms with van der Waals surface area (Å²) in [5.74, 6) is -0.823. The fraction of sp³-hybridized carbons (Fsp3) is 0.571. The van der Waals surface area contributed by atoms with Gasteiger partial charge in [0.05, 0.1) is 17.3 Å². The van der Waals surface area contributed by atoms with E-state index < -0.39 is 5.54 Å². The molecular formula is C21H26N2O4. The molecule has 1 spiro atoms. The van der Waals surface area contributed by atoms with Crippen molar-refractivity contribution in [3.63, 3.8) is 0 Å². The van der Waals surface area contributed by atoms with E-state index >= 15 is 0 Å². The van der Waals surface area contributed by atoms with Gasteiger partial charge < -0.3 is 10.1 Å². The summed E-state index contributed by atoms with van der Waals surface area (Å²) >= 11 is 0. The van der Waals surface area contributed by atoms with Gasteiger partial charge in [-0.1, -0.05) is 44.2 Å². The van der Waals surface area contributed by atoms with Gasteiger partial charge in [0.25, 0.3) is 11.8 Å². The highest BCUT2D eigenvalue weighted by atomic mass is 16.5. The van der Waals surface area contributed by atoms with E-state index in [1.54, 1.807) is 11.0 Å². The van der Waals surface area contributed by atoms with Crippen LogP contribution in [0.4, 0.5) is 11.4 Å². The first-order valence-electron chi connectivity index (χ1n) is 10.0. The molecule has 1 N–H and O–H groups in total. The molecule has 6 heteroatoms. The Bertz CT molecular complexity index is 748. The van der Waals surface area contributed by atoms with E-state index in [4.69, 9.17) is 4.74 Å². The maximum Gasteiger partial charge on any atom is 0.309 e. The van der Waals surface area contributed by atoms with Gasteiger partial charge in [0, 0.05) is 0 Å². The van der Waals surface area contributed by atoms with Crippen LogP contribution in [0, 0.1) is 5.92 Å². The van der Waals surface area contributed by atoms with Gasteiger partial charge in [0.2, 0.25) is 0 Å². The minimum Gasteiger partial charge on any atom is -0.455 e.